The van der Waals surface area contributed by atoms with Crippen molar-refractivity contribution in [1.82, 2.24) is 0 Å². The molecule has 0 aliphatic rings. The van der Waals surface area contributed by atoms with Gasteiger partial charge in [-0.2, -0.15) is 0 Å². The molecule has 0 saturated carbocycles. The molecule has 0 bridgehead atoms. The van der Waals surface area contributed by atoms with Crippen LogP contribution in [0, 0.1) is 0 Å². The van der Waals surface area contributed by atoms with Crippen molar-refractivity contribution >= 4 is 17.9 Å². The highest BCUT2D eigenvalue weighted by Crippen LogP contribution is 2.18. The summed E-state index contributed by atoms with van der Waals surface area (Å²) in [6, 6.07) is 0. The van der Waals surface area contributed by atoms with Crippen molar-refractivity contribution in [1.29, 1.82) is 0 Å². The summed E-state index contributed by atoms with van der Waals surface area (Å²) >= 11 is 0. The van der Waals surface area contributed by atoms with E-state index in [0.29, 0.717) is 23.9 Å². The predicted molar refractivity (Wildman–Crippen MR) is 306 cm³/mol. The maximum absolute atomic E-state index is 12.8. The smallest absolute Gasteiger partial charge is 0.306 e. The van der Waals surface area contributed by atoms with E-state index in [4.69, 9.17) is 18.9 Å². The SMILES string of the molecule is CCCCC/C=C\C/C=C\CCCCCCCC(=O)OC(COC(=O)CCCCCCCCCCCCCCCCCCCCCCCCCCCCCCCCCCC)COC(OCC[N+](C)(C)C)C(=O)[O-]. The number of carbonyl (C=O) groups excluding carboxylic acids is 3. The molecule has 0 fully saturated rings. The molecular weight excluding hydrogens is 911 g/mol. The Morgan fingerprint density at radius 3 is 1.11 bits per heavy atom. The first-order valence-corrected chi connectivity index (χ1v) is 31.5. The fraction of sp³-hybridized carbons (Fsp3) is 0.891. The number of allylic oxidation sites excluding steroid dienone is 4. The van der Waals surface area contributed by atoms with Crippen LogP contribution in [0.15, 0.2) is 24.3 Å². The number of nitrogens with zero attached hydrogens (tertiary/aromatic N) is 1. The van der Waals surface area contributed by atoms with E-state index in [9.17, 15) is 19.5 Å². The van der Waals surface area contributed by atoms with Gasteiger partial charge in [0.1, 0.15) is 13.2 Å². The fourth-order valence-corrected chi connectivity index (χ4v) is 9.33. The number of esters is 2. The number of quaternary nitrogens is 1. The highest BCUT2D eigenvalue weighted by Gasteiger charge is 2.22. The van der Waals surface area contributed by atoms with Gasteiger partial charge < -0.3 is 33.3 Å². The van der Waals surface area contributed by atoms with E-state index in [2.05, 4.69) is 38.2 Å². The number of rotatable bonds is 59. The average molecular weight is 1030 g/mol. The number of ether oxygens (including phenoxy) is 4. The van der Waals surface area contributed by atoms with E-state index in [0.717, 1.165) is 57.8 Å². The maximum atomic E-state index is 12.8. The zero-order valence-electron chi connectivity index (χ0n) is 49.0. The van der Waals surface area contributed by atoms with E-state index in [1.807, 2.05) is 21.1 Å². The van der Waals surface area contributed by atoms with Crippen LogP contribution >= 0.6 is 0 Å². The van der Waals surface area contributed by atoms with E-state index in [1.54, 1.807) is 0 Å². The highest BCUT2D eigenvalue weighted by molar-refractivity contribution is 5.70. The molecule has 0 aromatic heterocycles. The quantitative estimate of drug-likeness (QED) is 0.0195. The molecule has 0 amide bonds. The summed E-state index contributed by atoms with van der Waals surface area (Å²) in [5.74, 6) is -2.28. The summed E-state index contributed by atoms with van der Waals surface area (Å²) in [7, 11) is 5.92. The van der Waals surface area contributed by atoms with Crippen molar-refractivity contribution in [3.8, 4) is 0 Å². The van der Waals surface area contributed by atoms with Crippen molar-refractivity contribution < 1.29 is 42.9 Å². The minimum Gasteiger partial charge on any atom is -0.545 e. The summed E-state index contributed by atoms with van der Waals surface area (Å²) in [4.78, 5) is 37.3. The highest BCUT2D eigenvalue weighted by atomic mass is 16.7. The van der Waals surface area contributed by atoms with Gasteiger partial charge in [0.05, 0.1) is 40.3 Å². The molecule has 2 unspecified atom stereocenters. The molecule has 0 aliphatic heterocycles. The Kier molecular flexibility index (Phi) is 54.3. The van der Waals surface area contributed by atoms with Crippen molar-refractivity contribution in [3.05, 3.63) is 24.3 Å². The summed E-state index contributed by atoms with van der Waals surface area (Å²) in [5.41, 5.74) is 0. The van der Waals surface area contributed by atoms with Gasteiger partial charge in [0.25, 0.3) is 0 Å². The first-order chi connectivity index (χ1) is 35.6. The molecule has 0 heterocycles. The third-order valence-electron chi connectivity index (χ3n) is 14.2. The lowest BCUT2D eigenvalue weighted by molar-refractivity contribution is -0.870. The largest absolute Gasteiger partial charge is 0.545 e. The van der Waals surface area contributed by atoms with Gasteiger partial charge in [0.15, 0.2) is 12.4 Å². The van der Waals surface area contributed by atoms with Crippen LogP contribution in [0.1, 0.15) is 309 Å². The number of hydrogen-bond acceptors (Lipinski definition) is 8. The Morgan fingerprint density at radius 2 is 0.740 bits per heavy atom. The van der Waals surface area contributed by atoms with Crippen molar-refractivity contribution in [2.45, 2.75) is 322 Å². The van der Waals surface area contributed by atoms with E-state index in [1.165, 1.54) is 218 Å². The molecular formula is C64H121NO8. The van der Waals surface area contributed by atoms with Crippen molar-refractivity contribution in [2.75, 3.05) is 47.5 Å². The molecule has 9 heteroatoms. The fourth-order valence-electron chi connectivity index (χ4n) is 9.33. The second kappa shape index (κ2) is 56.0. The van der Waals surface area contributed by atoms with E-state index >= 15 is 0 Å². The average Bonchev–Trinajstić information content (AvgIpc) is 3.36. The predicted octanol–water partition coefficient (Wildman–Crippen LogP) is 17.4. The lowest BCUT2D eigenvalue weighted by Gasteiger charge is -2.26. The van der Waals surface area contributed by atoms with E-state index in [-0.39, 0.29) is 32.2 Å². The minimum absolute atomic E-state index is 0.147. The lowest BCUT2D eigenvalue weighted by atomic mass is 10.0. The zero-order chi connectivity index (χ0) is 53.4. The molecule has 0 N–H and O–H groups in total. The summed E-state index contributed by atoms with van der Waals surface area (Å²) in [5, 5.41) is 11.8. The van der Waals surface area contributed by atoms with Crippen LogP contribution in [0.2, 0.25) is 0 Å². The molecule has 0 spiro atoms. The number of carboxylic acids is 1. The number of aliphatic carboxylic acids is 1. The zero-order valence-corrected chi connectivity index (χ0v) is 49.0. The molecule has 0 rings (SSSR count). The summed E-state index contributed by atoms with van der Waals surface area (Å²) in [6.07, 6.45) is 64.1. The Bertz CT molecular complexity index is 1250. The van der Waals surface area contributed by atoms with Gasteiger partial charge in [0.2, 0.25) is 0 Å². The molecule has 9 nitrogen and oxygen atoms in total. The molecule has 430 valence electrons. The van der Waals surface area contributed by atoms with Gasteiger partial charge in [-0.25, -0.2) is 0 Å². The first kappa shape index (κ1) is 70.8. The molecule has 2 atom stereocenters. The van der Waals surface area contributed by atoms with Crippen LogP contribution in [-0.4, -0.2) is 82.3 Å². The van der Waals surface area contributed by atoms with E-state index < -0.39 is 24.3 Å². The molecule has 73 heavy (non-hydrogen) atoms. The number of carbonyl (C=O) groups is 3. The number of hydrogen-bond donors (Lipinski definition) is 0. The van der Waals surface area contributed by atoms with Crippen molar-refractivity contribution in [3.63, 3.8) is 0 Å². The lowest BCUT2D eigenvalue weighted by Crippen LogP contribution is -2.44. The van der Waals surface area contributed by atoms with Crippen molar-refractivity contribution in [2.24, 2.45) is 0 Å². The molecule has 0 aliphatic carbocycles. The van der Waals surface area contributed by atoms with Crippen LogP contribution in [0.25, 0.3) is 0 Å². The third-order valence-corrected chi connectivity index (χ3v) is 14.2. The topological polar surface area (TPSA) is 111 Å². The second-order valence-electron chi connectivity index (χ2n) is 22.7. The normalized spacial score (nSPS) is 12.8. The number of unbranched alkanes of at least 4 members (excludes halogenated alkanes) is 40. The Labute approximate surface area is 452 Å². The Morgan fingerprint density at radius 1 is 0.411 bits per heavy atom. The molecule has 0 aromatic carbocycles. The Balaban J connectivity index is 4.01. The van der Waals surface area contributed by atoms with Crippen LogP contribution < -0.4 is 5.11 Å². The van der Waals surface area contributed by atoms with Crippen LogP contribution in [0.4, 0.5) is 0 Å². The van der Waals surface area contributed by atoms with Gasteiger partial charge in [-0.05, 0) is 44.9 Å². The second-order valence-corrected chi connectivity index (χ2v) is 22.7. The minimum atomic E-state index is -1.62. The third kappa shape index (κ3) is 57.3. The maximum Gasteiger partial charge on any atom is 0.306 e. The molecule has 0 radical (unpaired) electrons. The van der Waals surface area contributed by atoms with Gasteiger partial charge in [-0.15, -0.1) is 0 Å². The van der Waals surface area contributed by atoms with Crippen LogP contribution in [-0.2, 0) is 33.3 Å². The van der Waals surface area contributed by atoms with Crippen LogP contribution in [0.3, 0.4) is 0 Å². The summed E-state index contributed by atoms with van der Waals surface area (Å²) in [6.45, 7) is 4.75. The summed E-state index contributed by atoms with van der Waals surface area (Å²) < 4.78 is 22.7. The van der Waals surface area contributed by atoms with Gasteiger partial charge in [0, 0.05) is 12.8 Å². The van der Waals surface area contributed by atoms with Gasteiger partial charge in [-0.1, -0.05) is 276 Å². The Hall–Kier alpha value is -2.23. The molecule has 0 saturated heterocycles. The monoisotopic (exact) mass is 1030 g/mol. The van der Waals surface area contributed by atoms with Gasteiger partial charge >= 0.3 is 11.9 Å². The van der Waals surface area contributed by atoms with Gasteiger partial charge in [-0.3, -0.25) is 9.59 Å². The first-order valence-electron chi connectivity index (χ1n) is 31.5. The standard InChI is InChI=1S/C64H121NO8/c1-6-8-10-12-14-16-18-20-22-23-24-25-26-27-28-29-30-31-32-33-34-35-36-37-38-39-41-42-44-46-48-50-52-54-61(66)71-58-60(59-72-64(63(68)69)70-57-56-65(3,4)5)73-62(67)55-53-51-49-47-45-43-40-21-19-17-15-13-11-9-7-2/h15,17,21,40,60,64H,6-14,16,18-20,22-39,41-59H2,1-5H3/b17-15-,40-21-. The molecule has 0 aromatic rings. The number of carboxylic acid groups (broad SMARTS) is 1. The number of likely N-dealkylation sites (N-methyl/N-ethyl adjacent to an activating group) is 1. The van der Waals surface area contributed by atoms with Crippen LogP contribution in [0.5, 0.6) is 0 Å².